The van der Waals surface area contributed by atoms with Crippen LogP contribution in [-0.4, -0.2) is 12.3 Å². The Balaban J connectivity index is 1.89. The fourth-order valence-electron chi connectivity index (χ4n) is 1.68. The molecule has 0 amide bonds. The van der Waals surface area contributed by atoms with Gasteiger partial charge in [0.15, 0.2) is 0 Å². The molecule has 0 radical (unpaired) electrons. The third-order valence-electron chi connectivity index (χ3n) is 2.52. The second-order valence-electron chi connectivity index (χ2n) is 3.78. The summed E-state index contributed by atoms with van der Waals surface area (Å²) in [4.78, 5) is 0. The highest BCUT2D eigenvalue weighted by molar-refractivity contribution is 5.26. The summed E-state index contributed by atoms with van der Waals surface area (Å²) < 4.78 is 10.2. The summed E-state index contributed by atoms with van der Waals surface area (Å²) in [6.45, 7) is 2.11. The molecule has 0 spiro atoms. The monoisotopic (exact) mass is 232 g/mol. The van der Waals surface area contributed by atoms with Crippen molar-refractivity contribution in [3.63, 3.8) is 0 Å². The molecule has 90 valence electrons. The molecule has 0 saturated carbocycles. The molecule has 2 aromatic rings. The second-order valence-corrected chi connectivity index (χ2v) is 3.78. The molecule has 2 rings (SSSR count). The topological polar surface area (TPSA) is 47.3 Å². The van der Waals surface area contributed by atoms with Gasteiger partial charge in [0.05, 0.1) is 19.3 Å². The van der Waals surface area contributed by atoms with Crippen molar-refractivity contribution in [2.24, 2.45) is 0 Å². The Morgan fingerprint density at radius 3 is 2.71 bits per heavy atom. The first-order valence-corrected chi connectivity index (χ1v) is 5.56. The van der Waals surface area contributed by atoms with E-state index in [1.54, 1.807) is 13.3 Å². The van der Waals surface area contributed by atoms with Gasteiger partial charge in [0.1, 0.15) is 5.76 Å². The largest absolute Gasteiger partial charge is 0.380 e. The molecule has 1 N–H and O–H groups in total. The summed E-state index contributed by atoms with van der Waals surface area (Å²) >= 11 is 0. The molecule has 0 bridgehead atoms. The quantitative estimate of drug-likeness (QED) is 0.828. The van der Waals surface area contributed by atoms with Crippen molar-refractivity contribution in [2.75, 3.05) is 7.11 Å². The number of hydrogen-bond acceptors (Lipinski definition) is 4. The van der Waals surface area contributed by atoms with Crippen LogP contribution in [0.5, 0.6) is 0 Å². The number of methoxy groups -OCH3 is 1. The summed E-state index contributed by atoms with van der Waals surface area (Å²) in [6.07, 6.45) is 1.65. The fourth-order valence-corrected chi connectivity index (χ4v) is 1.68. The molecule has 1 aromatic carbocycles. The Labute approximate surface area is 101 Å². The lowest BCUT2D eigenvalue weighted by Crippen LogP contribution is -2.13. The van der Waals surface area contributed by atoms with Crippen molar-refractivity contribution in [1.29, 1.82) is 0 Å². The van der Waals surface area contributed by atoms with Crippen molar-refractivity contribution >= 4 is 0 Å². The molecule has 0 saturated heterocycles. The van der Waals surface area contributed by atoms with Gasteiger partial charge in [-0.05, 0) is 11.1 Å². The van der Waals surface area contributed by atoms with Crippen LogP contribution in [0.2, 0.25) is 0 Å². The zero-order valence-electron chi connectivity index (χ0n) is 9.85. The molecule has 0 unspecified atom stereocenters. The Hall–Kier alpha value is -1.65. The van der Waals surface area contributed by atoms with Crippen LogP contribution in [0.15, 0.2) is 41.1 Å². The smallest absolute Gasteiger partial charge is 0.150 e. The summed E-state index contributed by atoms with van der Waals surface area (Å²) in [5.41, 5.74) is 2.45. The van der Waals surface area contributed by atoms with Gasteiger partial charge in [-0.3, -0.25) is 0 Å². The summed E-state index contributed by atoms with van der Waals surface area (Å²) in [6, 6.07) is 10.1. The molecule has 0 fully saturated rings. The van der Waals surface area contributed by atoms with Crippen LogP contribution in [0, 0.1) is 0 Å². The molecule has 17 heavy (non-hydrogen) atoms. The van der Waals surface area contributed by atoms with E-state index in [0.717, 1.165) is 12.3 Å². The number of nitrogens with one attached hydrogen (secondary N) is 1. The van der Waals surface area contributed by atoms with Crippen molar-refractivity contribution in [3.8, 4) is 0 Å². The molecular formula is C13H16N2O2. The summed E-state index contributed by atoms with van der Waals surface area (Å²) in [5, 5.41) is 6.97. The van der Waals surface area contributed by atoms with E-state index in [0.29, 0.717) is 13.2 Å². The van der Waals surface area contributed by atoms with E-state index >= 15 is 0 Å². The molecule has 0 aliphatic rings. The standard InChI is InChI=1S/C13H16N2O2/c1-16-10-12-5-3-2-4-11(12)8-14-9-13-6-7-15-17-13/h2-7,14H,8-10H2,1H3. The molecule has 1 heterocycles. The Kier molecular flexibility index (Phi) is 4.30. The van der Waals surface area contributed by atoms with Gasteiger partial charge in [0, 0.05) is 19.7 Å². The average Bonchev–Trinajstić information content (AvgIpc) is 2.85. The highest BCUT2D eigenvalue weighted by Crippen LogP contribution is 2.09. The first-order chi connectivity index (χ1) is 8.40. The van der Waals surface area contributed by atoms with Gasteiger partial charge in [-0.25, -0.2) is 0 Å². The molecule has 0 atom stereocenters. The van der Waals surface area contributed by atoms with Crippen LogP contribution in [0.25, 0.3) is 0 Å². The zero-order valence-corrected chi connectivity index (χ0v) is 9.85. The molecule has 0 aliphatic heterocycles. The van der Waals surface area contributed by atoms with Crippen LogP contribution < -0.4 is 5.32 Å². The number of nitrogens with zero attached hydrogens (tertiary/aromatic N) is 1. The minimum absolute atomic E-state index is 0.639. The lowest BCUT2D eigenvalue weighted by atomic mass is 10.1. The van der Waals surface area contributed by atoms with E-state index in [4.69, 9.17) is 9.26 Å². The van der Waals surface area contributed by atoms with Crippen LogP contribution in [0.1, 0.15) is 16.9 Å². The van der Waals surface area contributed by atoms with Crippen molar-refractivity contribution in [2.45, 2.75) is 19.7 Å². The minimum atomic E-state index is 0.639. The van der Waals surface area contributed by atoms with Gasteiger partial charge in [0.25, 0.3) is 0 Å². The van der Waals surface area contributed by atoms with Crippen LogP contribution >= 0.6 is 0 Å². The first-order valence-electron chi connectivity index (χ1n) is 5.56. The van der Waals surface area contributed by atoms with Crippen LogP contribution in [-0.2, 0) is 24.4 Å². The summed E-state index contributed by atoms with van der Waals surface area (Å²) in [5.74, 6) is 0.842. The van der Waals surface area contributed by atoms with Gasteiger partial charge in [-0.1, -0.05) is 29.4 Å². The molecule has 0 aliphatic carbocycles. The number of aromatic nitrogens is 1. The Morgan fingerprint density at radius 1 is 1.18 bits per heavy atom. The lowest BCUT2D eigenvalue weighted by molar-refractivity contribution is 0.184. The number of benzene rings is 1. The van der Waals surface area contributed by atoms with Crippen molar-refractivity contribution in [1.82, 2.24) is 10.5 Å². The Morgan fingerprint density at radius 2 is 2.00 bits per heavy atom. The van der Waals surface area contributed by atoms with Crippen LogP contribution in [0.4, 0.5) is 0 Å². The minimum Gasteiger partial charge on any atom is -0.380 e. The number of rotatable bonds is 6. The highest BCUT2D eigenvalue weighted by Gasteiger charge is 2.02. The molecular weight excluding hydrogens is 216 g/mol. The lowest BCUT2D eigenvalue weighted by Gasteiger charge is -2.08. The van der Waals surface area contributed by atoms with E-state index in [-0.39, 0.29) is 0 Å². The van der Waals surface area contributed by atoms with Crippen LogP contribution in [0.3, 0.4) is 0 Å². The van der Waals surface area contributed by atoms with Gasteiger partial charge in [0.2, 0.25) is 0 Å². The van der Waals surface area contributed by atoms with Gasteiger partial charge in [-0.15, -0.1) is 0 Å². The van der Waals surface area contributed by atoms with Crippen molar-refractivity contribution in [3.05, 3.63) is 53.4 Å². The highest BCUT2D eigenvalue weighted by atomic mass is 16.5. The van der Waals surface area contributed by atoms with Gasteiger partial charge >= 0.3 is 0 Å². The summed E-state index contributed by atoms with van der Waals surface area (Å²) in [7, 11) is 1.71. The third kappa shape index (κ3) is 3.41. The molecule has 4 nitrogen and oxygen atoms in total. The van der Waals surface area contributed by atoms with E-state index in [2.05, 4.69) is 22.6 Å². The maximum atomic E-state index is 5.16. The fraction of sp³-hybridized carbons (Fsp3) is 0.308. The third-order valence-corrected chi connectivity index (χ3v) is 2.52. The zero-order chi connectivity index (χ0) is 11.9. The number of ether oxygens (including phenoxy) is 1. The van der Waals surface area contributed by atoms with Gasteiger partial charge in [-0.2, -0.15) is 0 Å². The molecule has 1 aromatic heterocycles. The van der Waals surface area contributed by atoms with E-state index in [9.17, 15) is 0 Å². The van der Waals surface area contributed by atoms with Gasteiger partial charge < -0.3 is 14.6 Å². The second kappa shape index (κ2) is 6.18. The predicted octanol–water partition coefficient (Wildman–Crippen LogP) is 2.11. The molecule has 4 heteroatoms. The first kappa shape index (κ1) is 11.8. The van der Waals surface area contributed by atoms with E-state index < -0.39 is 0 Å². The number of hydrogen-bond donors (Lipinski definition) is 1. The maximum absolute atomic E-state index is 5.16. The van der Waals surface area contributed by atoms with E-state index in [1.807, 2.05) is 18.2 Å². The predicted molar refractivity (Wildman–Crippen MR) is 64.2 cm³/mol. The SMILES string of the molecule is COCc1ccccc1CNCc1ccno1. The Bertz CT molecular complexity index is 440. The maximum Gasteiger partial charge on any atom is 0.150 e. The van der Waals surface area contributed by atoms with Crippen molar-refractivity contribution < 1.29 is 9.26 Å². The average molecular weight is 232 g/mol. The normalized spacial score (nSPS) is 10.6. The van der Waals surface area contributed by atoms with E-state index in [1.165, 1.54) is 11.1 Å².